The first-order valence-corrected chi connectivity index (χ1v) is 10.4. The molecule has 0 heterocycles. The molecular weight excluding hydrogens is 443 g/mol. The molecule has 3 aromatic carbocycles. The van der Waals surface area contributed by atoms with Crippen molar-refractivity contribution in [2.24, 2.45) is 0 Å². The normalized spacial score (nSPS) is 10.6. The van der Waals surface area contributed by atoms with Crippen molar-refractivity contribution in [2.45, 2.75) is 20.4 Å². The van der Waals surface area contributed by atoms with Crippen molar-refractivity contribution in [3.63, 3.8) is 0 Å². The Bertz CT molecular complexity index is 1070. The number of rotatable bonds is 7. The Hall–Kier alpha value is -2.40. The highest BCUT2D eigenvalue weighted by Gasteiger charge is 2.09. The molecule has 0 aliphatic carbocycles. The highest BCUT2D eigenvalue weighted by molar-refractivity contribution is 6.42. The second kappa shape index (κ2) is 10.1. The lowest BCUT2D eigenvalue weighted by atomic mass is 10.1. The van der Waals surface area contributed by atoms with Gasteiger partial charge in [0, 0.05) is 17.9 Å². The SMILES string of the molecule is Cc1ccc(NC(=O)COc2ccc(CNc3ccc(Cl)c(Cl)c3)cc2Cl)c(C)c1. The Labute approximate surface area is 191 Å². The Kier molecular flexibility index (Phi) is 7.48. The number of carbonyl (C=O) groups is 1. The van der Waals surface area contributed by atoms with Gasteiger partial charge in [0.1, 0.15) is 5.75 Å². The predicted molar refractivity (Wildman–Crippen MR) is 125 cm³/mol. The van der Waals surface area contributed by atoms with Crippen LogP contribution in [0.1, 0.15) is 16.7 Å². The summed E-state index contributed by atoms with van der Waals surface area (Å²) in [6.45, 7) is 4.37. The van der Waals surface area contributed by atoms with Gasteiger partial charge in [-0.2, -0.15) is 0 Å². The Morgan fingerprint density at radius 2 is 1.70 bits per heavy atom. The van der Waals surface area contributed by atoms with E-state index in [1.165, 1.54) is 0 Å². The van der Waals surface area contributed by atoms with Crippen molar-refractivity contribution >= 4 is 52.1 Å². The molecule has 3 rings (SSSR count). The standard InChI is InChI=1S/C23H21Cl3N2O2/c1-14-3-7-21(15(2)9-14)28-23(29)13-30-22-8-4-16(10-20(22)26)12-27-17-5-6-18(24)19(25)11-17/h3-11,27H,12-13H2,1-2H3,(H,28,29). The third-order valence-corrected chi connectivity index (χ3v) is 5.46. The lowest BCUT2D eigenvalue weighted by Crippen LogP contribution is -2.20. The fraction of sp³-hybridized carbons (Fsp3) is 0.174. The molecule has 156 valence electrons. The van der Waals surface area contributed by atoms with Crippen LogP contribution in [0.2, 0.25) is 15.1 Å². The second-order valence-corrected chi connectivity index (χ2v) is 8.12. The molecule has 4 nitrogen and oxygen atoms in total. The molecule has 0 atom stereocenters. The van der Waals surface area contributed by atoms with Gasteiger partial charge >= 0.3 is 0 Å². The van der Waals surface area contributed by atoms with Gasteiger partial charge in [0.25, 0.3) is 5.91 Å². The van der Waals surface area contributed by atoms with E-state index in [0.29, 0.717) is 27.4 Å². The molecule has 30 heavy (non-hydrogen) atoms. The van der Waals surface area contributed by atoms with E-state index >= 15 is 0 Å². The fourth-order valence-corrected chi connectivity index (χ4v) is 3.42. The van der Waals surface area contributed by atoms with Crippen LogP contribution < -0.4 is 15.4 Å². The van der Waals surface area contributed by atoms with E-state index in [0.717, 1.165) is 28.1 Å². The topological polar surface area (TPSA) is 50.4 Å². The van der Waals surface area contributed by atoms with Gasteiger partial charge in [-0.3, -0.25) is 4.79 Å². The molecule has 0 saturated heterocycles. The molecule has 0 spiro atoms. The third-order valence-electron chi connectivity index (χ3n) is 4.43. The number of amides is 1. The smallest absolute Gasteiger partial charge is 0.262 e. The molecule has 0 aliphatic heterocycles. The van der Waals surface area contributed by atoms with E-state index in [4.69, 9.17) is 39.5 Å². The van der Waals surface area contributed by atoms with Gasteiger partial charge in [0.05, 0.1) is 15.1 Å². The average Bonchev–Trinajstić information content (AvgIpc) is 2.70. The van der Waals surface area contributed by atoms with E-state index in [1.54, 1.807) is 24.3 Å². The zero-order valence-electron chi connectivity index (χ0n) is 16.6. The van der Waals surface area contributed by atoms with Crippen LogP contribution in [0.3, 0.4) is 0 Å². The first-order valence-electron chi connectivity index (χ1n) is 9.29. The number of benzene rings is 3. The second-order valence-electron chi connectivity index (χ2n) is 6.90. The van der Waals surface area contributed by atoms with Gasteiger partial charge < -0.3 is 15.4 Å². The van der Waals surface area contributed by atoms with Crippen LogP contribution in [0, 0.1) is 13.8 Å². The van der Waals surface area contributed by atoms with E-state index in [9.17, 15) is 4.79 Å². The van der Waals surface area contributed by atoms with Gasteiger partial charge in [-0.15, -0.1) is 0 Å². The lowest BCUT2D eigenvalue weighted by Gasteiger charge is -2.12. The van der Waals surface area contributed by atoms with Crippen LogP contribution in [0.15, 0.2) is 54.6 Å². The molecule has 1 amide bonds. The van der Waals surface area contributed by atoms with Crippen LogP contribution in [0.25, 0.3) is 0 Å². The fourth-order valence-electron chi connectivity index (χ4n) is 2.87. The van der Waals surface area contributed by atoms with Gasteiger partial charge in [0.15, 0.2) is 6.61 Å². The summed E-state index contributed by atoms with van der Waals surface area (Å²) in [6.07, 6.45) is 0. The monoisotopic (exact) mass is 462 g/mol. The van der Waals surface area contributed by atoms with Crippen molar-refractivity contribution in [3.8, 4) is 5.75 Å². The quantitative estimate of drug-likeness (QED) is 0.401. The molecule has 7 heteroatoms. The Balaban J connectivity index is 1.54. The zero-order valence-corrected chi connectivity index (χ0v) is 18.8. The van der Waals surface area contributed by atoms with Crippen molar-refractivity contribution in [1.29, 1.82) is 0 Å². The maximum Gasteiger partial charge on any atom is 0.262 e. The summed E-state index contributed by atoms with van der Waals surface area (Å²) in [7, 11) is 0. The maximum atomic E-state index is 12.2. The van der Waals surface area contributed by atoms with Crippen molar-refractivity contribution in [2.75, 3.05) is 17.2 Å². The summed E-state index contributed by atoms with van der Waals surface area (Å²) in [4.78, 5) is 12.2. The molecule has 3 aromatic rings. The minimum Gasteiger partial charge on any atom is -0.482 e. The first-order chi connectivity index (χ1) is 14.3. The number of anilines is 2. The molecule has 0 bridgehead atoms. The lowest BCUT2D eigenvalue weighted by molar-refractivity contribution is -0.118. The zero-order chi connectivity index (χ0) is 21.7. The van der Waals surface area contributed by atoms with Crippen molar-refractivity contribution in [3.05, 3.63) is 86.4 Å². The molecule has 0 aromatic heterocycles. The summed E-state index contributed by atoms with van der Waals surface area (Å²) >= 11 is 18.3. The minimum absolute atomic E-state index is 0.131. The Morgan fingerprint density at radius 1 is 0.900 bits per heavy atom. The average molecular weight is 464 g/mol. The maximum absolute atomic E-state index is 12.2. The third kappa shape index (κ3) is 6.05. The van der Waals surface area contributed by atoms with E-state index < -0.39 is 0 Å². The summed E-state index contributed by atoms with van der Waals surface area (Å²) in [5.74, 6) is 0.203. The predicted octanol–water partition coefficient (Wildman–Crippen LogP) is 6.89. The number of ether oxygens (including phenoxy) is 1. The Morgan fingerprint density at radius 3 is 2.40 bits per heavy atom. The van der Waals surface area contributed by atoms with Crippen LogP contribution >= 0.6 is 34.8 Å². The first kappa shape index (κ1) is 22.3. The van der Waals surface area contributed by atoms with Gasteiger partial charge in [0.2, 0.25) is 0 Å². The number of hydrogen-bond acceptors (Lipinski definition) is 3. The molecule has 0 fully saturated rings. The molecule has 0 saturated carbocycles. The molecule has 0 aliphatic rings. The number of nitrogens with one attached hydrogen (secondary N) is 2. The number of aryl methyl sites for hydroxylation is 2. The van der Waals surface area contributed by atoms with Crippen molar-refractivity contribution < 1.29 is 9.53 Å². The van der Waals surface area contributed by atoms with Gasteiger partial charge in [-0.1, -0.05) is 58.6 Å². The minimum atomic E-state index is -0.247. The van der Waals surface area contributed by atoms with Crippen LogP contribution in [-0.2, 0) is 11.3 Å². The van der Waals surface area contributed by atoms with Crippen LogP contribution in [0.5, 0.6) is 5.75 Å². The summed E-state index contributed by atoms with van der Waals surface area (Å²) in [6, 6.07) is 16.6. The highest BCUT2D eigenvalue weighted by atomic mass is 35.5. The van der Waals surface area contributed by atoms with Gasteiger partial charge in [-0.05, 0) is 61.4 Å². The molecule has 2 N–H and O–H groups in total. The summed E-state index contributed by atoms with van der Waals surface area (Å²) in [5, 5.41) is 7.53. The van der Waals surface area contributed by atoms with E-state index in [-0.39, 0.29) is 12.5 Å². The van der Waals surface area contributed by atoms with E-state index in [1.807, 2.05) is 44.2 Å². The number of carbonyl (C=O) groups excluding carboxylic acids is 1. The highest BCUT2D eigenvalue weighted by Crippen LogP contribution is 2.28. The number of hydrogen-bond donors (Lipinski definition) is 2. The molecular formula is C23H21Cl3N2O2. The van der Waals surface area contributed by atoms with Crippen molar-refractivity contribution in [1.82, 2.24) is 0 Å². The molecule has 0 radical (unpaired) electrons. The summed E-state index contributed by atoms with van der Waals surface area (Å²) in [5.41, 5.74) is 4.72. The van der Waals surface area contributed by atoms with Gasteiger partial charge in [-0.25, -0.2) is 0 Å². The van der Waals surface area contributed by atoms with E-state index in [2.05, 4.69) is 10.6 Å². The van der Waals surface area contributed by atoms with Crippen LogP contribution in [-0.4, -0.2) is 12.5 Å². The largest absolute Gasteiger partial charge is 0.482 e. The molecule has 0 unspecified atom stereocenters. The van der Waals surface area contributed by atoms with Crippen LogP contribution in [0.4, 0.5) is 11.4 Å². The summed E-state index contributed by atoms with van der Waals surface area (Å²) < 4.78 is 5.58. The number of halogens is 3.